The molecule has 0 saturated heterocycles. The number of hydrogen-bond donors (Lipinski definition) is 0. The van der Waals surface area contributed by atoms with Gasteiger partial charge in [0.1, 0.15) is 0 Å². The summed E-state index contributed by atoms with van der Waals surface area (Å²) in [5.41, 5.74) is 16.0. The summed E-state index contributed by atoms with van der Waals surface area (Å²) in [5.74, 6) is 0. The first-order valence-corrected chi connectivity index (χ1v) is 18.8. The Kier molecular flexibility index (Phi) is 5.65. The predicted octanol–water partition coefficient (Wildman–Crippen LogP) is 13.4. The Balaban J connectivity index is 1.15. The van der Waals surface area contributed by atoms with Crippen LogP contribution in [0.2, 0.25) is 0 Å². The standard InChI is InChI=1S/C50H29NS/c1-2-12-30(13-3-1)49-38-25-27-46-48(37-17-7-11-21-45(37)52-46)47(38)39-28-31(23-26-44(39)51-49)32-22-24-36-35-16-6-10-20-42(35)50(43(36)29-32)40-18-8-4-14-33(40)34-15-5-9-19-41(34)50/h1-29H. The molecule has 0 fully saturated rings. The van der Waals surface area contributed by atoms with E-state index in [4.69, 9.17) is 4.98 Å². The van der Waals surface area contributed by atoms with Gasteiger partial charge in [0, 0.05) is 41.9 Å². The lowest BCUT2D eigenvalue weighted by molar-refractivity contribution is 0.794. The van der Waals surface area contributed by atoms with Gasteiger partial charge in [-0.1, -0.05) is 146 Å². The third kappa shape index (κ3) is 3.59. The smallest absolute Gasteiger partial charge is 0.0788 e. The van der Waals surface area contributed by atoms with Gasteiger partial charge in [-0.25, -0.2) is 4.98 Å². The van der Waals surface area contributed by atoms with Crippen LogP contribution in [0.1, 0.15) is 22.3 Å². The highest BCUT2D eigenvalue weighted by Crippen LogP contribution is 2.63. The van der Waals surface area contributed by atoms with Crippen molar-refractivity contribution >= 4 is 53.2 Å². The first-order valence-electron chi connectivity index (χ1n) is 18.0. The molecule has 2 aliphatic rings. The molecule has 2 aromatic heterocycles. The van der Waals surface area contributed by atoms with Crippen molar-refractivity contribution in [2.24, 2.45) is 0 Å². The Hall–Kier alpha value is -6.35. The Labute approximate surface area is 305 Å². The Morgan fingerprint density at radius 2 is 0.962 bits per heavy atom. The minimum Gasteiger partial charge on any atom is -0.247 e. The summed E-state index contributed by atoms with van der Waals surface area (Å²) >= 11 is 1.87. The second kappa shape index (κ2) is 10.4. The van der Waals surface area contributed by atoms with E-state index in [1.165, 1.54) is 92.0 Å². The highest BCUT2D eigenvalue weighted by molar-refractivity contribution is 7.26. The van der Waals surface area contributed by atoms with Crippen molar-refractivity contribution in [3.05, 3.63) is 198 Å². The third-order valence-corrected chi connectivity index (χ3v) is 12.8. The average molecular weight is 676 g/mol. The van der Waals surface area contributed by atoms with Crippen molar-refractivity contribution in [1.29, 1.82) is 0 Å². The zero-order chi connectivity index (χ0) is 34.0. The van der Waals surface area contributed by atoms with Crippen LogP contribution in [0.15, 0.2) is 176 Å². The second-order valence-corrected chi connectivity index (χ2v) is 15.2. The first-order chi connectivity index (χ1) is 25.8. The van der Waals surface area contributed by atoms with Crippen molar-refractivity contribution in [1.82, 2.24) is 4.98 Å². The summed E-state index contributed by atoms with van der Waals surface area (Å²) in [5, 5.41) is 6.29. The van der Waals surface area contributed by atoms with Crippen molar-refractivity contribution in [3.8, 4) is 44.6 Å². The molecule has 0 unspecified atom stereocenters. The number of benzene rings is 8. The minimum absolute atomic E-state index is 0.368. The van der Waals surface area contributed by atoms with Crippen molar-refractivity contribution in [2.75, 3.05) is 0 Å². The summed E-state index contributed by atoms with van der Waals surface area (Å²) in [4.78, 5) is 5.38. The number of fused-ring (bicyclic) bond motifs is 17. The van der Waals surface area contributed by atoms with E-state index >= 15 is 0 Å². The summed E-state index contributed by atoms with van der Waals surface area (Å²) in [7, 11) is 0. The molecule has 0 radical (unpaired) electrons. The Morgan fingerprint density at radius 3 is 1.69 bits per heavy atom. The maximum Gasteiger partial charge on any atom is 0.0788 e. The lowest BCUT2D eigenvalue weighted by Crippen LogP contribution is -2.25. The normalized spacial score (nSPS) is 13.5. The topological polar surface area (TPSA) is 12.9 Å². The van der Waals surface area contributed by atoms with E-state index in [-0.39, 0.29) is 5.41 Å². The number of aromatic nitrogens is 1. The summed E-state index contributed by atoms with van der Waals surface area (Å²) in [6.07, 6.45) is 0. The molecule has 0 atom stereocenters. The molecular weight excluding hydrogens is 647 g/mol. The largest absolute Gasteiger partial charge is 0.247 e. The van der Waals surface area contributed by atoms with E-state index < -0.39 is 0 Å². The van der Waals surface area contributed by atoms with E-state index in [9.17, 15) is 0 Å². The van der Waals surface area contributed by atoms with Gasteiger partial charge in [0.05, 0.1) is 16.6 Å². The van der Waals surface area contributed by atoms with Crippen LogP contribution in [0.25, 0.3) is 86.5 Å². The molecule has 8 aromatic carbocycles. The number of rotatable bonds is 2. The van der Waals surface area contributed by atoms with Crippen LogP contribution in [-0.2, 0) is 5.41 Å². The van der Waals surface area contributed by atoms with Gasteiger partial charge >= 0.3 is 0 Å². The highest BCUT2D eigenvalue weighted by atomic mass is 32.1. The minimum atomic E-state index is -0.368. The fourth-order valence-corrected chi connectivity index (χ4v) is 10.7. The van der Waals surface area contributed by atoms with Gasteiger partial charge in [0.15, 0.2) is 0 Å². The average Bonchev–Trinajstić information content (AvgIpc) is 3.84. The Bertz CT molecular complexity index is 3070. The van der Waals surface area contributed by atoms with E-state index in [2.05, 4.69) is 176 Å². The molecule has 240 valence electrons. The monoisotopic (exact) mass is 675 g/mol. The van der Waals surface area contributed by atoms with Crippen molar-refractivity contribution in [3.63, 3.8) is 0 Å². The van der Waals surface area contributed by atoms with Crippen molar-refractivity contribution in [2.45, 2.75) is 5.41 Å². The van der Waals surface area contributed by atoms with E-state index in [0.29, 0.717) is 0 Å². The maximum atomic E-state index is 5.38. The molecule has 2 heteroatoms. The molecular formula is C50H29NS. The van der Waals surface area contributed by atoms with Crippen LogP contribution < -0.4 is 0 Å². The molecule has 52 heavy (non-hydrogen) atoms. The second-order valence-electron chi connectivity index (χ2n) is 14.2. The molecule has 2 aliphatic carbocycles. The fraction of sp³-hybridized carbons (Fsp3) is 0.0200. The first kappa shape index (κ1) is 28.4. The molecule has 0 aliphatic heterocycles. The van der Waals surface area contributed by atoms with Crippen molar-refractivity contribution < 1.29 is 0 Å². The summed E-state index contributed by atoms with van der Waals surface area (Å²) in [6.45, 7) is 0. The van der Waals surface area contributed by atoms with Crippen LogP contribution in [0.3, 0.4) is 0 Å². The number of pyridine rings is 1. The highest BCUT2D eigenvalue weighted by Gasteiger charge is 2.51. The van der Waals surface area contributed by atoms with Crippen LogP contribution >= 0.6 is 11.3 Å². The van der Waals surface area contributed by atoms with Gasteiger partial charge in [-0.2, -0.15) is 0 Å². The summed E-state index contributed by atoms with van der Waals surface area (Å²) < 4.78 is 2.62. The summed E-state index contributed by atoms with van der Waals surface area (Å²) in [6, 6.07) is 65.3. The van der Waals surface area contributed by atoms with Gasteiger partial charge in [0.2, 0.25) is 0 Å². The molecule has 0 saturated carbocycles. The van der Waals surface area contributed by atoms with Crippen LogP contribution in [0.5, 0.6) is 0 Å². The fourth-order valence-electron chi connectivity index (χ4n) is 9.58. The number of nitrogens with zero attached hydrogens (tertiary/aromatic N) is 1. The molecule has 1 spiro atoms. The van der Waals surface area contributed by atoms with Gasteiger partial charge in [-0.3, -0.25) is 0 Å². The molecule has 0 bridgehead atoms. The van der Waals surface area contributed by atoms with Gasteiger partial charge in [-0.05, 0) is 86.0 Å². The zero-order valence-electron chi connectivity index (χ0n) is 28.1. The van der Waals surface area contributed by atoms with Crippen LogP contribution in [0, 0.1) is 0 Å². The van der Waals surface area contributed by atoms with E-state index in [1.807, 2.05) is 11.3 Å². The van der Waals surface area contributed by atoms with Gasteiger partial charge in [-0.15, -0.1) is 11.3 Å². The molecule has 0 amide bonds. The number of hydrogen-bond acceptors (Lipinski definition) is 2. The van der Waals surface area contributed by atoms with E-state index in [0.717, 1.165) is 16.8 Å². The lowest BCUT2D eigenvalue weighted by Gasteiger charge is -2.30. The maximum absolute atomic E-state index is 5.38. The molecule has 10 aromatic rings. The number of thiophene rings is 1. The zero-order valence-corrected chi connectivity index (χ0v) is 28.9. The van der Waals surface area contributed by atoms with Gasteiger partial charge in [0.25, 0.3) is 0 Å². The van der Waals surface area contributed by atoms with Crippen LogP contribution in [0.4, 0.5) is 0 Å². The lowest BCUT2D eigenvalue weighted by atomic mass is 9.70. The predicted molar refractivity (Wildman–Crippen MR) is 219 cm³/mol. The molecule has 2 heterocycles. The SMILES string of the molecule is c1ccc(-c2nc3ccc(-c4ccc5c(c4)C4(c6ccccc6-c6ccccc64)c4ccccc4-5)cc3c3c2ccc2sc4ccccc4c23)cc1. The molecule has 0 N–H and O–H groups in total. The molecule has 12 rings (SSSR count). The molecule has 1 nitrogen and oxygen atoms in total. The van der Waals surface area contributed by atoms with Gasteiger partial charge < -0.3 is 0 Å². The Morgan fingerprint density at radius 1 is 0.365 bits per heavy atom. The quantitative estimate of drug-likeness (QED) is 0.166. The third-order valence-electron chi connectivity index (χ3n) is 11.7. The van der Waals surface area contributed by atoms with Crippen LogP contribution in [-0.4, -0.2) is 4.98 Å². The van der Waals surface area contributed by atoms with E-state index in [1.54, 1.807) is 0 Å².